The third kappa shape index (κ3) is 3.55. The van der Waals surface area contributed by atoms with Gasteiger partial charge >= 0.3 is 5.97 Å². The summed E-state index contributed by atoms with van der Waals surface area (Å²) in [6.45, 7) is 2.77. The monoisotopic (exact) mass is 465 g/mol. The van der Waals surface area contributed by atoms with Gasteiger partial charge in [0, 0.05) is 15.1 Å². The molecule has 154 valence electrons. The topological polar surface area (TPSA) is 114 Å². The predicted octanol–water partition coefficient (Wildman–Crippen LogP) is 4.45. The normalized spacial score (nSPS) is 11.2. The SMILES string of the molecule is Cc1n[nH]c(=O)c2c(NC(=O)COC(=O)c3sc4cc(Cl)ccc4c3Cl)oc(C)c12. The molecule has 4 aromatic rings. The predicted molar refractivity (Wildman–Crippen MR) is 115 cm³/mol. The van der Waals surface area contributed by atoms with E-state index < -0.39 is 24.0 Å². The van der Waals surface area contributed by atoms with E-state index in [1.807, 2.05) is 0 Å². The van der Waals surface area contributed by atoms with Gasteiger partial charge < -0.3 is 9.15 Å². The second-order valence-electron chi connectivity index (χ2n) is 6.39. The molecule has 3 aromatic heterocycles. The van der Waals surface area contributed by atoms with Crippen LogP contribution >= 0.6 is 34.5 Å². The van der Waals surface area contributed by atoms with E-state index in [4.69, 9.17) is 32.4 Å². The van der Waals surface area contributed by atoms with E-state index in [2.05, 4.69) is 15.5 Å². The molecule has 0 saturated carbocycles. The number of furan rings is 1. The van der Waals surface area contributed by atoms with Crippen LogP contribution in [0, 0.1) is 13.8 Å². The first kappa shape index (κ1) is 20.4. The van der Waals surface area contributed by atoms with E-state index in [-0.39, 0.29) is 21.2 Å². The smallest absolute Gasteiger partial charge is 0.350 e. The number of aryl methyl sites for hydroxylation is 2. The number of esters is 1. The first-order valence-electron chi connectivity index (χ1n) is 8.59. The molecule has 4 rings (SSSR count). The number of ether oxygens (including phenoxy) is 1. The Morgan fingerprint density at radius 3 is 2.80 bits per heavy atom. The maximum atomic E-state index is 12.4. The number of hydrogen-bond acceptors (Lipinski definition) is 7. The van der Waals surface area contributed by atoms with Gasteiger partial charge in [0.2, 0.25) is 5.88 Å². The molecule has 0 fully saturated rings. The highest BCUT2D eigenvalue weighted by atomic mass is 35.5. The fourth-order valence-electron chi connectivity index (χ4n) is 3.06. The number of amides is 1. The zero-order valence-corrected chi connectivity index (χ0v) is 17.9. The van der Waals surface area contributed by atoms with Crippen LogP contribution in [0.1, 0.15) is 21.1 Å². The maximum absolute atomic E-state index is 12.4. The highest BCUT2D eigenvalue weighted by Gasteiger charge is 2.22. The Kier molecular flexibility index (Phi) is 5.27. The Balaban J connectivity index is 1.50. The van der Waals surface area contributed by atoms with Crippen LogP contribution in [-0.2, 0) is 9.53 Å². The molecule has 1 amide bonds. The minimum Gasteiger partial charge on any atom is -0.451 e. The lowest BCUT2D eigenvalue weighted by molar-refractivity contribution is -0.119. The van der Waals surface area contributed by atoms with Gasteiger partial charge in [-0.25, -0.2) is 9.89 Å². The van der Waals surface area contributed by atoms with Crippen LogP contribution in [0.3, 0.4) is 0 Å². The zero-order valence-electron chi connectivity index (χ0n) is 15.6. The van der Waals surface area contributed by atoms with Crippen molar-refractivity contribution < 1.29 is 18.7 Å². The molecule has 0 aliphatic heterocycles. The van der Waals surface area contributed by atoms with Gasteiger partial charge in [-0.3, -0.25) is 14.9 Å². The summed E-state index contributed by atoms with van der Waals surface area (Å²) < 4.78 is 11.3. The average molecular weight is 466 g/mol. The number of carbonyl (C=O) groups is 2. The van der Waals surface area contributed by atoms with Gasteiger partial charge in [-0.15, -0.1) is 11.3 Å². The summed E-state index contributed by atoms with van der Waals surface area (Å²) in [6.07, 6.45) is 0. The van der Waals surface area contributed by atoms with Crippen molar-refractivity contribution in [3.63, 3.8) is 0 Å². The number of halogens is 2. The van der Waals surface area contributed by atoms with Crippen LogP contribution in [0.2, 0.25) is 10.0 Å². The molecule has 8 nitrogen and oxygen atoms in total. The van der Waals surface area contributed by atoms with Crippen molar-refractivity contribution in [3.8, 4) is 0 Å². The summed E-state index contributed by atoms with van der Waals surface area (Å²) in [7, 11) is 0. The molecule has 30 heavy (non-hydrogen) atoms. The van der Waals surface area contributed by atoms with Crippen LogP contribution in [0.4, 0.5) is 5.88 Å². The number of H-pyrrole nitrogens is 1. The van der Waals surface area contributed by atoms with Gasteiger partial charge in [-0.2, -0.15) is 5.10 Å². The molecule has 0 aliphatic rings. The van der Waals surface area contributed by atoms with Gasteiger partial charge in [-0.1, -0.05) is 29.3 Å². The van der Waals surface area contributed by atoms with Crippen molar-refractivity contribution in [2.24, 2.45) is 0 Å². The first-order valence-corrected chi connectivity index (χ1v) is 10.2. The number of aromatic nitrogens is 2. The van der Waals surface area contributed by atoms with Crippen molar-refractivity contribution in [3.05, 3.63) is 54.9 Å². The van der Waals surface area contributed by atoms with Crippen molar-refractivity contribution >= 4 is 73.2 Å². The molecule has 0 spiro atoms. The third-order valence-electron chi connectivity index (χ3n) is 4.36. The number of thiophene rings is 1. The van der Waals surface area contributed by atoms with E-state index in [0.29, 0.717) is 27.2 Å². The number of carbonyl (C=O) groups excluding carboxylic acids is 2. The third-order valence-corrected chi connectivity index (χ3v) is 6.23. The summed E-state index contributed by atoms with van der Waals surface area (Å²) in [5, 5.41) is 10.8. The van der Waals surface area contributed by atoms with Crippen LogP contribution in [0.25, 0.3) is 20.9 Å². The van der Waals surface area contributed by atoms with Crippen LogP contribution in [0.15, 0.2) is 27.4 Å². The highest BCUT2D eigenvalue weighted by Crippen LogP contribution is 2.37. The maximum Gasteiger partial charge on any atom is 0.350 e. The molecule has 0 radical (unpaired) electrons. The van der Waals surface area contributed by atoms with E-state index in [0.717, 1.165) is 16.0 Å². The van der Waals surface area contributed by atoms with Gasteiger partial charge in [0.1, 0.15) is 16.0 Å². The number of fused-ring (bicyclic) bond motifs is 2. The van der Waals surface area contributed by atoms with Crippen molar-refractivity contribution in [1.82, 2.24) is 10.2 Å². The molecule has 0 aliphatic carbocycles. The number of rotatable bonds is 4. The summed E-state index contributed by atoms with van der Waals surface area (Å²) >= 11 is 13.3. The van der Waals surface area contributed by atoms with E-state index in [1.54, 1.807) is 32.0 Å². The van der Waals surface area contributed by atoms with Crippen LogP contribution in [0.5, 0.6) is 0 Å². The second-order valence-corrected chi connectivity index (χ2v) is 8.25. The van der Waals surface area contributed by atoms with E-state index in [9.17, 15) is 14.4 Å². The standard InChI is InChI=1S/C19H13Cl2N3O5S/c1-7-13-8(2)29-18(14(13)17(26)24-23-7)22-12(25)6-28-19(27)16-15(21)10-4-3-9(20)5-11(10)30-16/h3-5H,6H2,1-2H3,(H,22,25)(H,24,26). The van der Waals surface area contributed by atoms with Crippen LogP contribution in [-0.4, -0.2) is 28.7 Å². The van der Waals surface area contributed by atoms with Gasteiger partial charge in [0.05, 0.1) is 16.1 Å². The fourth-order valence-corrected chi connectivity index (χ4v) is 4.74. The Morgan fingerprint density at radius 1 is 1.27 bits per heavy atom. The Morgan fingerprint density at radius 2 is 2.03 bits per heavy atom. The lowest BCUT2D eigenvalue weighted by Crippen LogP contribution is -2.21. The minimum atomic E-state index is -0.745. The number of benzene rings is 1. The largest absolute Gasteiger partial charge is 0.451 e. The molecule has 11 heteroatoms. The van der Waals surface area contributed by atoms with Crippen LogP contribution < -0.4 is 10.9 Å². The Labute approximate surface area is 182 Å². The number of anilines is 1. The van der Waals surface area contributed by atoms with E-state index in [1.165, 1.54) is 0 Å². The van der Waals surface area contributed by atoms with E-state index >= 15 is 0 Å². The van der Waals surface area contributed by atoms with Crippen molar-refractivity contribution in [2.45, 2.75) is 13.8 Å². The van der Waals surface area contributed by atoms with Gasteiger partial charge in [0.25, 0.3) is 11.5 Å². The minimum absolute atomic E-state index is 0.0372. The van der Waals surface area contributed by atoms with Crippen molar-refractivity contribution in [1.29, 1.82) is 0 Å². The molecule has 0 unspecified atom stereocenters. The highest BCUT2D eigenvalue weighted by molar-refractivity contribution is 7.21. The lowest BCUT2D eigenvalue weighted by Gasteiger charge is -2.04. The molecular formula is C19H13Cl2N3O5S. The van der Waals surface area contributed by atoms with Gasteiger partial charge in [0.15, 0.2) is 6.61 Å². The Bertz CT molecular complexity index is 1390. The van der Waals surface area contributed by atoms with Gasteiger partial charge in [-0.05, 0) is 26.0 Å². The number of nitrogens with zero attached hydrogens (tertiary/aromatic N) is 1. The van der Waals surface area contributed by atoms with Crippen molar-refractivity contribution in [2.75, 3.05) is 11.9 Å². The number of hydrogen-bond donors (Lipinski definition) is 2. The second kappa shape index (κ2) is 7.75. The molecule has 0 bridgehead atoms. The molecule has 0 saturated heterocycles. The molecule has 2 N–H and O–H groups in total. The summed E-state index contributed by atoms with van der Waals surface area (Å²) in [5.41, 5.74) is 0.0488. The molecule has 1 aromatic carbocycles. The lowest BCUT2D eigenvalue weighted by atomic mass is 10.2. The molecule has 3 heterocycles. The molecular weight excluding hydrogens is 453 g/mol. The number of aromatic amines is 1. The fraction of sp³-hybridized carbons (Fsp3) is 0.158. The molecule has 0 atom stereocenters. The number of nitrogens with one attached hydrogen (secondary N) is 2. The summed E-state index contributed by atoms with van der Waals surface area (Å²) in [6, 6.07) is 5.06. The summed E-state index contributed by atoms with van der Waals surface area (Å²) in [5.74, 6) is -1.02. The zero-order chi connectivity index (χ0) is 21.6. The average Bonchev–Trinajstić information content (AvgIpc) is 3.20. The Hall–Kier alpha value is -2.88. The summed E-state index contributed by atoms with van der Waals surface area (Å²) in [4.78, 5) is 36.9. The first-order chi connectivity index (χ1) is 14.3. The quantitative estimate of drug-likeness (QED) is 0.430.